The minimum Gasteiger partial charge on any atom is -0.481 e. The number of unbranched alkanes of at least 4 members (excludes halogenated alkanes) is 2. The van der Waals surface area contributed by atoms with Crippen molar-refractivity contribution >= 4 is 16.2 Å². The van der Waals surface area contributed by atoms with E-state index in [1.165, 1.54) is 7.05 Å². The predicted molar refractivity (Wildman–Crippen MR) is 61.3 cm³/mol. The fourth-order valence-electron chi connectivity index (χ4n) is 1.01. The molecule has 7 nitrogen and oxygen atoms in total. The summed E-state index contributed by atoms with van der Waals surface area (Å²) in [5.74, 6) is -1.04. The number of aliphatic carboxylic acids is 1. The van der Waals surface area contributed by atoms with E-state index in [9.17, 15) is 13.2 Å². The van der Waals surface area contributed by atoms with Gasteiger partial charge >= 0.3 is 5.97 Å². The van der Waals surface area contributed by atoms with Crippen molar-refractivity contribution in [1.29, 1.82) is 5.26 Å². The van der Waals surface area contributed by atoms with Gasteiger partial charge < -0.3 is 5.11 Å². The van der Waals surface area contributed by atoms with Crippen LogP contribution in [0.1, 0.15) is 25.7 Å². The molecule has 0 saturated carbocycles. The summed E-state index contributed by atoms with van der Waals surface area (Å²) in [6.07, 6.45) is 1.39. The number of nitriles is 1. The SMILES string of the molecule is CN(CCC(=O)O)S(=O)(=O)NCCCCC#N. The fourth-order valence-corrected chi connectivity index (χ4v) is 1.97. The number of carboxylic acid groups (broad SMARTS) is 1. The lowest BCUT2D eigenvalue weighted by Crippen LogP contribution is -2.39. The van der Waals surface area contributed by atoms with Crippen molar-refractivity contribution in [1.82, 2.24) is 9.03 Å². The molecule has 0 spiro atoms. The van der Waals surface area contributed by atoms with E-state index < -0.39 is 16.2 Å². The number of rotatable bonds is 9. The van der Waals surface area contributed by atoms with Crippen LogP contribution in [0, 0.1) is 11.3 Å². The van der Waals surface area contributed by atoms with Crippen molar-refractivity contribution in [3.8, 4) is 6.07 Å². The van der Waals surface area contributed by atoms with Crippen molar-refractivity contribution in [2.24, 2.45) is 0 Å². The highest BCUT2D eigenvalue weighted by Gasteiger charge is 2.17. The average Bonchev–Trinajstić information content (AvgIpc) is 2.25. The molecular weight excluding hydrogens is 246 g/mol. The minimum atomic E-state index is -3.61. The van der Waals surface area contributed by atoms with E-state index in [0.717, 1.165) is 4.31 Å². The highest BCUT2D eigenvalue weighted by Crippen LogP contribution is 1.98. The molecule has 0 aliphatic carbocycles. The van der Waals surface area contributed by atoms with Crippen molar-refractivity contribution in [3.05, 3.63) is 0 Å². The lowest BCUT2D eigenvalue weighted by molar-refractivity contribution is -0.137. The highest BCUT2D eigenvalue weighted by atomic mass is 32.2. The molecule has 8 heteroatoms. The molecule has 0 bridgehead atoms. The molecule has 0 unspecified atom stereocenters. The molecule has 17 heavy (non-hydrogen) atoms. The van der Waals surface area contributed by atoms with E-state index in [-0.39, 0.29) is 19.5 Å². The minimum absolute atomic E-state index is 0.0666. The molecular formula is C9H17N3O4S. The third-order valence-corrected chi connectivity index (χ3v) is 3.62. The molecule has 0 aromatic rings. The van der Waals surface area contributed by atoms with Gasteiger partial charge in [-0.2, -0.15) is 18.0 Å². The number of nitrogens with zero attached hydrogens (tertiary/aromatic N) is 2. The molecule has 0 saturated heterocycles. The van der Waals surface area contributed by atoms with Crippen molar-refractivity contribution in [3.63, 3.8) is 0 Å². The Balaban J connectivity index is 3.93. The molecule has 0 aliphatic rings. The second-order valence-corrected chi connectivity index (χ2v) is 5.34. The summed E-state index contributed by atoms with van der Waals surface area (Å²) in [6.45, 7) is 0.185. The van der Waals surface area contributed by atoms with E-state index in [1.807, 2.05) is 6.07 Å². The van der Waals surface area contributed by atoms with E-state index in [0.29, 0.717) is 19.3 Å². The van der Waals surface area contributed by atoms with Crippen LogP contribution in [0.5, 0.6) is 0 Å². The molecule has 0 fully saturated rings. The lowest BCUT2D eigenvalue weighted by Gasteiger charge is -2.16. The number of carbonyl (C=O) groups is 1. The van der Waals surface area contributed by atoms with Gasteiger partial charge in [0.15, 0.2) is 0 Å². The lowest BCUT2D eigenvalue weighted by atomic mass is 10.2. The van der Waals surface area contributed by atoms with Crippen LogP contribution >= 0.6 is 0 Å². The highest BCUT2D eigenvalue weighted by molar-refractivity contribution is 7.87. The maximum Gasteiger partial charge on any atom is 0.304 e. The van der Waals surface area contributed by atoms with Gasteiger partial charge in [-0.3, -0.25) is 4.79 Å². The molecule has 0 heterocycles. The van der Waals surface area contributed by atoms with E-state index in [4.69, 9.17) is 10.4 Å². The smallest absolute Gasteiger partial charge is 0.304 e. The number of hydrogen-bond acceptors (Lipinski definition) is 4. The third kappa shape index (κ3) is 7.68. The summed E-state index contributed by atoms with van der Waals surface area (Å²) in [4.78, 5) is 10.3. The van der Waals surface area contributed by atoms with Crippen LogP contribution in [0.2, 0.25) is 0 Å². The van der Waals surface area contributed by atoms with Gasteiger partial charge in [0.1, 0.15) is 0 Å². The van der Waals surface area contributed by atoms with E-state index in [1.54, 1.807) is 0 Å². The van der Waals surface area contributed by atoms with Gasteiger partial charge in [-0.1, -0.05) is 0 Å². The molecule has 0 aromatic carbocycles. The first-order chi connectivity index (χ1) is 7.90. The maximum atomic E-state index is 11.5. The Morgan fingerprint density at radius 3 is 2.65 bits per heavy atom. The monoisotopic (exact) mass is 263 g/mol. The Hall–Kier alpha value is -1.17. The van der Waals surface area contributed by atoms with Gasteiger partial charge in [0.2, 0.25) is 0 Å². The van der Waals surface area contributed by atoms with Crippen LogP contribution < -0.4 is 4.72 Å². The number of hydrogen-bond donors (Lipinski definition) is 2. The molecule has 98 valence electrons. The van der Waals surface area contributed by atoms with Crippen molar-refractivity contribution in [2.75, 3.05) is 20.1 Å². The topological polar surface area (TPSA) is 110 Å². The third-order valence-electron chi connectivity index (χ3n) is 2.05. The summed E-state index contributed by atoms with van der Waals surface area (Å²) in [5, 5.41) is 16.7. The zero-order valence-corrected chi connectivity index (χ0v) is 10.5. The Morgan fingerprint density at radius 1 is 1.47 bits per heavy atom. The van der Waals surface area contributed by atoms with Crippen LogP contribution in [0.4, 0.5) is 0 Å². The van der Waals surface area contributed by atoms with Gasteiger partial charge in [-0.05, 0) is 12.8 Å². The van der Waals surface area contributed by atoms with E-state index >= 15 is 0 Å². The van der Waals surface area contributed by atoms with Crippen LogP contribution in [-0.4, -0.2) is 43.9 Å². The largest absolute Gasteiger partial charge is 0.481 e. The normalized spacial score (nSPS) is 11.4. The Morgan fingerprint density at radius 2 is 2.12 bits per heavy atom. The van der Waals surface area contributed by atoms with Crippen molar-refractivity contribution in [2.45, 2.75) is 25.7 Å². The number of nitrogens with one attached hydrogen (secondary N) is 1. The average molecular weight is 263 g/mol. The summed E-state index contributed by atoms with van der Waals surface area (Å²) < 4.78 is 26.4. The number of carboxylic acids is 1. The molecule has 0 aromatic heterocycles. The Labute approximate surface area is 101 Å². The van der Waals surface area contributed by atoms with Crippen LogP contribution in [0.25, 0.3) is 0 Å². The first-order valence-corrected chi connectivity index (χ1v) is 6.64. The fraction of sp³-hybridized carbons (Fsp3) is 0.778. The first kappa shape index (κ1) is 15.8. The van der Waals surface area contributed by atoms with Crippen LogP contribution in [0.3, 0.4) is 0 Å². The second kappa shape index (κ2) is 8.00. The standard InChI is InChI=1S/C9H17N3O4S/c1-12(8-5-9(13)14)17(15,16)11-7-4-2-3-6-10/h11H,2-5,7-8H2,1H3,(H,13,14). The summed E-state index contributed by atoms with van der Waals surface area (Å²) in [5.41, 5.74) is 0. The molecule has 0 radical (unpaired) electrons. The second-order valence-electron chi connectivity index (χ2n) is 3.48. The quantitative estimate of drug-likeness (QED) is 0.565. The van der Waals surface area contributed by atoms with E-state index in [2.05, 4.69) is 4.72 Å². The van der Waals surface area contributed by atoms with Gasteiger partial charge in [0, 0.05) is 26.6 Å². The maximum absolute atomic E-state index is 11.5. The molecule has 2 N–H and O–H groups in total. The summed E-state index contributed by atoms with van der Waals surface area (Å²) in [7, 11) is -2.29. The van der Waals surface area contributed by atoms with Gasteiger partial charge in [0.05, 0.1) is 12.5 Å². The van der Waals surface area contributed by atoms with Gasteiger partial charge in [0.25, 0.3) is 10.2 Å². The molecule has 0 atom stereocenters. The van der Waals surface area contributed by atoms with Gasteiger partial charge in [-0.15, -0.1) is 0 Å². The summed E-state index contributed by atoms with van der Waals surface area (Å²) >= 11 is 0. The molecule has 0 aliphatic heterocycles. The Bertz CT molecular complexity index is 374. The first-order valence-electron chi connectivity index (χ1n) is 5.20. The summed E-state index contributed by atoms with van der Waals surface area (Å²) in [6, 6.07) is 1.97. The zero-order valence-electron chi connectivity index (χ0n) is 9.72. The van der Waals surface area contributed by atoms with Gasteiger partial charge in [-0.25, -0.2) is 4.72 Å². The van der Waals surface area contributed by atoms with Crippen LogP contribution in [0.15, 0.2) is 0 Å². The molecule has 0 rings (SSSR count). The predicted octanol–water partition coefficient (Wildman–Crippen LogP) is -0.0788. The van der Waals surface area contributed by atoms with Crippen LogP contribution in [-0.2, 0) is 15.0 Å². The van der Waals surface area contributed by atoms with Crippen molar-refractivity contribution < 1.29 is 18.3 Å². The Kier molecular flexibility index (Phi) is 7.45. The zero-order chi connectivity index (χ0) is 13.3. The molecule has 0 amide bonds.